The first-order valence-electron chi connectivity index (χ1n) is 5.34. The first-order valence-corrected chi connectivity index (χ1v) is 6.13. The number of nitrogens with one attached hydrogen (secondary N) is 1. The number of anilines is 1. The molecule has 0 aromatic carbocycles. The largest absolute Gasteiger partial charge is 0.366 e. The van der Waals surface area contributed by atoms with Crippen molar-refractivity contribution in [2.75, 3.05) is 11.9 Å². The summed E-state index contributed by atoms with van der Waals surface area (Å²) in [6.07, 6.45) is 1.66. The molecule has 0 aliphatic carbocycles. The number of rotatable bonds is 3. The lowest BCUT2D eigenvalue weighted by Gasteiger charge is -2.18. The van der Waals surface area contributed by atoms with Gasteiger partial charge >= 0.3 is 0 Å². The van der Waals surface area contributed by atoms with Gasteiger partial charge in [0.1, 0.15) is 12.4 Å². The van der Waals surface area contributed by atoms with Crippen LogP contribution in [-0.2, 0) is 9.53 Å². The van der Waals surface area contributed by atoms with Crippen molar-refractivity contribution in [2.45, 2.75) is 33.3 Å². The van der Waals surface area contributed by atoms with Gasteiger partial charge < -0.3 is 10.1 Å². The van der Waals surface area contributed by atoms with Crippen molar-refractivity contribution in [2.24, 2.45) is 0 Å². The number of nitrogens with zero attached hydrogens (tertiary/aromatic N) is 1. The second-order valence-electron chi connectivity index (χ2n) is 4.77. The van der Waals surface area contributed by atoms with E-state index in [-0.39, 0.29) is 18.1 Å². The third kappa shape index (κ3) is 5.28. The highest BCUT2D eigenvalue weighted by Gasteiger charge is 2.13. The third-order valence-corrected chi connectivity index (χ3v) is 2.78. The van der Waals surface area contributed by atoms with Crippen LogP contribution < -0.4 is 5.32 Å². The van der Waals surface area contributed by atoms with Crippen molar-refractivity contribution in [1.82, 2.24) is 4.98 Å². The molecule has 1 rings (SSSR count). The van der Waals surface area contributed by atoms with Crippen molar-refractivity contribution in [1.29, 1.82) is 0 Å². The molecule has 0 bridgehead atoms. The Morgan fingerprint density at radius 2 is 2.18 bits per heavy atom. The van der Waals surface area contributed by atoms with E-state index in [0.717, 1.165) is 10.0 Å². The van der Waals surface area contributed by atoms with Gasteiger partial charge in [0.25, 0.3) is 5.91 Å². The Labute approximate surface area is 110 Å². The molecule has 0 fully saturated rings. The molecule has 94 valence electrons. The maximum Gasteiger partial charge on any atom is 0.251 e. The third-order valence-electron chi connectivity index (χ3n) is 1.95. The number of halogens is 1. The fraction of sp³-hybridized carbons (Fsp3) is 0.500. The maximum absolute atomic E-state index is 11.6. The Morgan fingerprint density at radius 3 is 2.71 bits per heavy atom. The minimum Gasteiger partial charge on any atom is -0.366 e. The lowest BCUT2D eigenvalue weighted by Crippen LogP contribution is -2.27. The van der Waals surface area contributed by atoms with Crippen LogP contribution in [-0.4, -0.2) is 23.1 Å². The van der Waals surface area contributed by atoms with Crippen LogP contribution in [0.25, 0.3) is 0 Å². The van der Waals surface area contributed by atoms with E-state index in [9.17, 15) is 4.79 Å². The van der Waals surface area contributed by atoms with E-state index in [0.29, 0.717) is 5.82 Å². The van der Waals surface area contributed by atoms with Crippen LogP contribution in [0.15, 0.2) is 16.7 Å². The Bertz CT molecular complexity index is 413. The van der Waals surface area contributed by atoms with Crippen LogP contribution in [0.2, 0.25) is 0 Å². The van der Waals surface area contributed by atoms with Gasteiger partial charge in [-0.05, 0) is 55.3 Å². The number of carbonyl (C=O) groups is 1. The number of aryl methyl sites for hydroxylation is 1. The minimum atomic E-state index is -0.319. The topological polar surface area (TPSA) is 51.2 Å². The number of pyridine rings is 1. The predicted octanol–water partition coefficient (Wildman–Crippen LogP) is 2.91. The molecule has 17 heavy (non-hydrogen) atoms. The van der Waals surface area contributed by atoms with Gasteiger partial charge in [-0.25, -0.2) is 4.98 Å². The highest BCUT2D eigenvalue weighted by atomic mass is 79.9. The molecule has 0 saturated heterocycles. The normalized spacial score (nSPS) is 11.4. The summed E-state index contributed by atoms with van der Waals surface area (Å²) in [6, 6.07) is 1.80. The number of carbonyl (C=O) groups excluding carboxylic acids is 1. The molecule has 0 aliphatic heterocycles. The summed E-state index contributed by atoms with van der Waals surface area (Å²) in [5.74, 6) is 0.336. The number of ether oxygens (including phenoxy) is 1. The molecule has 5 heteroatoms. The molecule has 1 aromatic heterocycles. The zero-order valence-electron chi connectivity index (χ0n) is 10.5. The summed E-state index contributed by atoms with van der Waals surface area (Å²) in [6.45, 7) is 7.68. The predicted molar refractivity (Wildman–Crippen MR) is 71.0 cm³/mol. The van der Waals surface area contributed by atoms with Gasteiger partial charge in [-0.2, -0.15) is 0 Å². The number of hydrogen-bond donors (Lipinski definition) is 1. The van der Waals surface area contributed by atoms with E-state index >= 15 is 0 Å². The molecular weight excluding hydrogens is 284 g/mol. The van der Waals surface area contributed by atoms with E-state index in [1.165, 1.54) is 0 Å². The minimum absolute atomic E-state index is 0.0281. The van der Waals surface area contributed by atoms with Crippen molar-refractivity contribution >= 4 is 27.7 Å². The standard InChI is InChI=1S/C12H17BrN2O2/c1-8-5-10(14-6-9(8)13)15-11(16)7-17-12(2,3)4/h5-6H,7H2,1-4H3,(H,14,15,16). The smallest absolute Gasteiger partial charge is 0.251 e. The molecule has 4 nitrogen and oxygen atoms in total. The Hall–Kier alpha value is -0.940. The zero-order chi connectivity index (χ0) is 13.1. The second-order valence-corrected chi connectivity index (χ2v) is 5.62. The number of aromatic nitrogens is 1. The van der Waals surface area contributed by atoms with E-state index in [1.807, 2.05) is 27.7 Å². The molecule has 0 saturated carbocycles. The van der Waals surface area contributed by atoms with Crippen molar-refractivity contribution < 1.29 is 9.53 Å². The van der Waals surface area contributed by atoms with Gasteiger partial charge in [0.15, 0.2) is 0 Å². The first kappa shape index (κ1) is 14.1. The summed E-state index contributed by atoms with van der Waals surface area (Å²) < 4.78 is 6.29. The molecule has 0 radical (unpaired) electrons. The van der Waals surface area contributed by atoms with Crippen molar-refractivity contribution in [3.05, 3.63) is 22.3 Å². The summed E-state index contributed by atoms with van der Waals surface area (Å²) in [5, 5.41) is 2.69. The van der Waals surface area contributed by atoms with Crippen LogP contribution in [0.5, 0.6) is 0 Å². The Balaban J connectivity index is 2.54. The SMILES string of the molecule is Cc1cc(NC(=O)COC(C)(C)C)ncc1Br. The number of amides is 1. The average molecular weight is 301 g/mol. The monoisotopic (exact) mass is 300 g/mol. The summed E-state index contributed by atoms with van der Waals surface area (Å²) in [5.41, 5.74) is 0.701. The molecule has 0 unspecified atom stereocenters. The van der Waals surface area contributed by atoms with Crippen LogP contribution in [0.3, 0.4) is 0 Å². The van der Waals surface area contributed by atoms with Crippen LogP contribution in [0.4, 0.5) is 5.82 Å². The number of hydrogen-bond acceptors (Lipinski definition) is 3. The molecule has 0 atom stereocenters. The Kier molecular flexibility index (Phi) is 4.65. The maximum atomic E-state index is 11.6. The lowest BCUT2D eigenvalue weighted by molar-refractivity contribution is -0.125. The second kappa shape index (κ2) is 5.60. The molecular formula is C12H17BrN2O2. The highest BCUT2D eigenvalue weighted by Crippen LogP contribution is 2.17. The highest BCUT2D eigenvalue weighted by molar-refractivity contribution is 9.10. The van der Waals surface area contributed by atoms with E-state index in [2.05, 4.69) is 26.2 Å². The summed E-state index contributed by atoms with van der Waals surface area (Å²) in [7, 11) is 0. The van der Waals surface area contributed by atoms with Crippen molar-refractivity contribution in [3.63, 3.8) is 0 Å². The van der Waals surface area contributed by atoms with Crippen molar-refractivity contribution in [3.8, 4) is 0 Å². The zero-order valence-corrected chi connectivity index (χ0v) is 12.1. The average Bonchev–Trinajstić information content (AvgIpc) is 2.20. The first-order chi connectivity index (χ1) is 7.78. The molecule has 0 spiro atoms. The van der Waals surface area contributed by atoms with Gasteiger partial charge in [-0.3, -0.25) is 4.79 Å². The van der Waals surface area contributed by atoms with Gasteiger partial charge in [0.05, 0.1) is 5.60 Å². The summed E-state index contributed by atoms with van der Waals surface area (Å²) in [4.78, 5) is 15.7. The quantitative estimate of drug-likeness (QED) is 0.934. The molecule has 1 heterocycles. The van der Waals surface area contributed by atoms with Crippen LogP contribution in [0, 0.1) is 6.92 Å². The lowest BCUT2D eigenvalue weighted by atomic mass is 10.2. The van der Waals surface area contributed by atoms with Crippen LogP contribution in [0.1, 0.15) is 26.3 Å². The van der Waals surface area contributed by atoms with Gasteiger partial charge in [-0.15, -0.1) is 0 Å². The molecule has 1 N–H and O–H groups in total. The van der Waals surface area contributed by atoms with E-state index < -0.39 is 0 Å². The fourth-order valence-corrected chi connectivity index (χ4v) is 1.29. The van der Waals surface area contributed by atoms with Gasteiger partial charge in [-0.1, -0.05) is 0 Å². The molecule has 1 aromatic rings. The van der Waals surface area contributed by atoms with Gasteiger partial charge in [0, 0.05) is 10.7 Å². The fourth-order valence-electron chi connectivity index (χ4n) is 1.07. The van der Waals surface area contributed by atoms with Crippen LogP contribution >= 0.6 is 15.9 Å². The van der Waals surface area contributed by atoms with E-state index in [4.69, 9.17) is 4.74 Å². The molecule has 1 amide bonds. The summed E-state index contributed by atoms with van der Waals surface area (Å²) >= 11 is 3.35. The van der Waals surface area contributed by atoms with Gasteiger partial charge in [0.2, 0.25) is 0 Å². The van der Waals surface area contributed by atoms with E-state index in [1.54, 1.807) is 12.3 Å². The Morgan fingerprint density at radius 1 is 1.53 bits per heavy atom. The molecule has 0 aliphatic rings.